The van der Waals surface area contributed by atoms with Gasteiger partial charge in [0.05, 0.1) is 0 Å². The Labute approximate surface area is 112 Å². The zero-order chi connectivity index (χ0) is 13.3. The normalized spacial score (nSPS) is 19.1. The summed E-state index contributed by atoms with van der Waals surface area (Å²) < 4.78 is 0. The zero-order valence-corrected chi connectivity index (χ0v) is 11.3. The van der Waals surface area contributed by atoms with Crippen LogP contribution in [0.25, 0.3) is 0 Å². The molecule has 0 bridgehead atoms. The molecule has 2 rings (SSSR count). The van der Waals surface area contributed by atoms with E-state index in [1.54, 1.807) is 31.1 Å². The molecule has 0 aromatic carbocycles. The predicted molar refractivity (Wildman–Crippen MR) is 72.7 cm³/mol. The number of nitrogen functional groups attached to an aromatic ring is 1. The third-order valence-corrected chi connectivity index (χ3v) is 3.27. The van der Waals surface area contributed by atoms with Crippen molar-refractivity contribution in [1.29, 1.82) is 0 Å². The number of nitrogens with zero attached hydrogens (tertiary/aromatic N) is 3. The van der Waals surface area contributed by atoms with Crippen LogP contribution in [0.2, 0.25) is 5.15 Å². The Kier molecular flexibility index (Phi) is 3.61. The quantitative estimate of drug-likeness (QED) is 0.823. The van der Waals surface area contributed by atoms with E-state index in [2.05, 4.69) is 4.98 Å². The van der Waals surface area contributed by atoms with Gasteiger partial charge in [0.2, 0.25) is 5.91 Å². The Morgan fingerprint density at radius 2 is 2.28 bits per heavy atom. The number of carbonyl (C=O) groups excluding carboxylic acids is 1. The van der Waals surface area contributed by atoms with Crippen molar-refractivity contribution in [2.45, 2.75) is 18.9 Å². The molecule has 1 aromatic heterocycles. The maximum Gasteiger partial charge on any atom is 0.244 e. The van der Waals surface area contributed by atoms with E-state index in [1.165, 1.54) is 0 Å². The highest BCUT2D eigenvalue weighted by Gasteiger charge is 2.32. The number of nitrogens with two attached hydrogens (primary N) is 1. The van der Waals surface area contributed by atoms with Crippen molar-refractivity contribution in [1.82, 2.24) is 9.88 Å². The Morgan fingerprint density at radius 3 is 2.89 bits per heavy atom. The van der Waals surface area contributed by atoms with E-state index in [0.29, 0.717) is 16.7 Å². The SMILES string of the molecule is CN(C)C(=O)C1CCCN1c1cc(N)cc(Cl)n1. The van der Waals surface area contributed by atoms with Crippen LogP contribution in [0, 0.1) is 0 Å². The van der Waals surface area contributed by atoms with Gasteiger partial charge in [-0.15, -0.1) is 0 Å². The molecule has 2 heterocycles. The summed E-state index contributed by atoms with van der Waals surface area (Å²) in [6.45, 7) is 0.803. The number of halogens is 1. The number of carbonyl (C=O) groups is 1. The van der Waals surface area contributed by atoms with Gasteiger partial charge in [-0.1, -0.05) is 11.6 Å². The summed E-state index contributed by atoms with van der Waals surface area (Å²) in [5.74, 6) is 0.769. The molecule has 1 aliphatic heterocycles. The monoisotopic (exact) mass is 268 g/mol. The molecule has 5 nitrogen and oxygen atoms in total. The Hall–Kier alpha value is -1.49. The van der Waals surface area contributed by atoms with Gasteiger partial charge in [0, 0.05) is 32.4 Å². The van der Waals surface area contributed by atoms with Crippen molar-refractivity contribution >= 4 is 29.0 Å². The van der Waals surface area contributed by atoms with Gasteiger partial charge in [0.1, 0.15) is 17.0 Å². The molecular formula is C12H17ClN4O. The van der Waals surface area contributed by atoms with Crippen molar-refractivity contribution in [2.24, 2.45) is 0 Å². The van der Waals surface area contributed by atoms with Crippen molar-refractivity contribution in [3.63, 3.8) is 0 Å². The number of hydrogen-bond acceptors (Lipinski definition) is 4. The fourth-order valence-electron chi connectivity index (χ4n) is 2.25. The van der Waals surface area contributed by atoms with E-state index in [1.807, 2.05) is 4.90 Å². The van der Waals surface area contributed by atoms with E-state index < -0.39 is 0 Å². The topological polar surface area (TPSA) is 62.5 Å². The average Bonchev–Trinajstić information content (AvgIpc) is 2.75. The van der Waals surface area contributed by atoms with Gasteiger partial charge in [0.15, 0.2) is 0 Å². The van der Waals surface area contributed by atoms with Gasteiger partial charge in [-0.3, -0.25) is 4.79 Å². The Morgan fingerprint density at radius 1 is 1.56 bits per heavy atom. The van der Waals surface area contributed by atoms with Gasteiger partial charge in [0.25, 0.3) is 0 Å². The van der Waals surface area contributed by atoms with Crippen LogP contribution in [0.3, 0.4) is 0 Å². The summed E-state index contributed by atoms with van der Waals surface area (Å²) in [5, 5.41) is 0.355. The van der Waals surface area contributed by atoms with Crippen LogP contribution in [0.4, 0.5) is 11.5 Å². The highest BCUT2D eigenvalue weighted by atomic mass is 35.5. The number of pyridine rings is 1. The van der Waals surface area contributed by atoms with Crippen LogP contribution in [0.1, 0.15) is 12.8 Å². The molecular weight excluding hydrogens is 252 g/mol. The number of hydrogen-bond donors (Lipinski definition) is 1. The van der Waals surface area contributed by atoms with Gasteiger partial charge < -0.3 is 15.5 Å². The summed E-state index contributed by atoms with van der Waals surface area (Å²) in [5.41, 5.74) is 6.32. The van der Waals surface area contributed by atoms with Crippen LogP contribution in [0.15, 0.2) is 12.1 Å². The summed E-state index contributed by atoms with van der Waals surface area (Å²) in [6.07, 6.45) is 1.81. The molecule has 98 valence electrons. The summed E-state index contributed by atoms with van der Waals surface area (Å²) >= 11 is 5.91. The minimum Gasteiger partial charge on any atom is -0.399 e. The van der Waals surface area contributed by atoms with E-state index in [9.17, 15) is 4.79 Å². The third-order valence-electron chi connectivity index (χ3n) is 3.08. The minimum absolute atomic E-state index is 0.0906. The van der Waals surface area contributed by atoms with Crippen molar-refractivity contribution in [2.75, 3.05) is 31.3 Å². The van der Waals surface area contributed by atoms with E-state index in [-0.39, 0.29) is 11.9 Å². The molecule has 1 aromatic rings. The molecule has 0 saturated carbocycles. The van der Waals surface area contributed by atoms with Crippen LogP contribution in [-0.2, 0) is 4.79 Å². The van der Waals surface area contributed by atoms with Crippen molar-refractivity contribution in [3.05, 3.63) is 17.3 Å². The standard InChI is InChI=1S/C12H17ClN4O/c1-16(2)12(18)9-4-3-5-17(9)11-7-8(14)6-10(13)15-11/h6-7,9H,3-5H2,1-2H3,(H2,14,15). The van der Waals surface area contributed by atoms with E-state index >= 15 is 0 Å². The predicted octanol–water partition coefficient (Wildman–Crippen LogP) is 1.37. The molecule has 6 heteroatoms. The molecule has 0 aliphatic carbocycles. The van der Waals surface area contributed by atoms with Crippen LogP contribution in [0.5, 0.6) is 0 Å². The van der Waals surface area contributed by atoms with Gasteiger partial charge in [-0.05, 0) is 18.9 Å². The lowest BCUT2D eigenvalue weighted by Crippen LogP contribution is -2.43. The molecule has 1 unspecified atom stereocenters. The van der Waals surface area contributed by atoms with Crippen LogP contribution >= 0.6 is 11.6 Å². The highest BCUT2D eigenvalue weighted by Crippen LogP contribution is 2.27. The fraction of sp³-hybridized carbons (Fsp3) is 0.500. The number of anilines is 2. The lowest BCUT2D eigenvalue weighted by Gasteiger charge is -2.27. The molecule has 2 N–H and O–H groups in total. The third kappa shape index (κ3) is 2.51. The van der Waals surface area contributed by atoms with Crippen molar-refractivity contribution < 1.29 is 4.79 Å². The second-order valence-electron chi connectivity index (χ2n) is 4.67. The fourth-order valence-corrected chi connectivity index (χ4v) is 2.46. The first-order valence-electron chi connectivity index (χ1n) is 5.90. The lowest BCUT2D eigenvalue weighted by molar-refractivity contribution is -0.129. The number of aromatic nitrogens is 1. The van der Waals surface area contributed by atoms with Gasteiger partial charge >= 0.3 is 0 Å². The Bertz CT molecular complexity index is 443. The largest absolute Gasteiger partial charge is 0.399 e. The second-order valence-corrected chi connectivity index (χ2v) is 5.05. The molecule has 0 radical (unpaired) electrons. The highest BCUT2D eigenvalue weighted by molar-refractivity contribution is 6.29. The first-order chi connectivity index (χ1) is 8.49. The second kappa shape index (κ2) is 5.02. The average molecular weight is 269 g/mol. The first kappa shape index (κ1) is 13.0. The minimum atomic E-state index is -0.162. The molecule has 1 amide bonds. The van der Waals surface area contributed by atoms with Crippen LogP contribution < -0.4 is 10.6 Å². The summed E-state index contributed by atoms with van der Waals surface area (Å²) in [7, 11) is 3.52. The van der Waals surface area contributed by atoms with E-state index in [4.69, 9.17) is 17.3 Å². The molecule has 1 fully saturated rings. The number of likely N-dealkylation sites (N-methyl/N-ethyl adjacent to an activating group) is 1. The maximum atomic E-state index is 12.1. The number of amides is 1. The summed E-state index contributed by atoms with van der Waals surface area (Å²) in [6, 6.07) is 3.20. The molecule has 1 atom stereocenters. The zero-order valence-electron chi connectivity index (χ0n) is 10.6. The van der Waals surface area contributed by atoms with Gasteiger partial charge in [-0.2, -0.15) is 0 Å². The molecule has 18 heavy (non-hydrogen) atoms. The van der Waals surface area contributed by atoms with Crippen molar-refractivity contribution in [3.8, 4) is 0 Å². The molecule has 1 aliphatic rings. The molecule has 0 spiro atoms. The van der Waals surface area contributed by atoms with E-state index in [0.717, 1.165) is 19.4 Å². The van der Waals surface area contributed by atoms with Gasteiger partial charge in [-0.25, -0.2) is 4.98 Å². The smallest absolute Gasteiger partial charge is 0.244 e. The molecule has 1 saturated heterocycles. The van der Waals surface area contributed by atoms with Crippen LogP contribution in [-0.4, -0.2) is 42.5 Å². The number of rotatable bonds is 2. The summed E-state index contributed by atoms with van der Waals surface area (Å²) in [4.78, 5) is 19.9. The lowest BCUT2D eigenvalue weighted by atomic mass is 10.2. The Balaban J connectivity index is 2.28. The first-order valence-corrected chi connectivity index (χ1v) is 6.27. The maximum absolute atomic E-state index is 12.1.